The Kier molecular flexibility index (Phi) is 9.93. The lowest BCUT2D eigenvalue weighted by Crippen LogP contribution is -2.12. The van der Waals surface area contributed by atoms with Crippen molar-refractivity contribution < 1.29 is 19.4 Å². The second-order valence-corrected chi connectivity index (χ2v) is 8.84. The highest BCUT2D eigenvalue weighted by Crippen LogP contribution is 2.41. The van der Waals surface area contributed by atoms with Gasteiger partial charge in [0.15, 0.2) is 0 Å². The first-order valence-electron chi connectivity index (χ1n) is 12.5. The fourth-order valence-corrected chi connectivity index (χ4v) is 4.42. The normalized spacial score (nSPS) is 12.0. The van der Waals surface area contributed by atoms with Crippen molar-refractivity contribution in [3.05, 3.63) is 53.1 Å². The standard InChI is InChI=1S/C28H38O4/c1-2-3-4-5-6-7-8-9-10-11-12-15-20-31-26-19-18-25-23(27(26)28(29)30)21-22-16-13-14-17-24(22)32-25/h13-14,16-19H,2-12,15,20-21H2,1H3,(H,29,30). The van der Waals surface area contributed by atoms with Gasteiger partial charge in [-0.05, 0) is 30.2 Å². The van der Waals surface area contributed by atoms with Crippen LogP contribution in [0.5, 0.6) is 17.2 Å². The minimum atomic E-state index is -0.963. The lowest BCUT2D eigenvalue weighted by molar-refractivity contribution is 0.0690. The van der Waals surface area contributed by atoms with Crippen LogP contribution in [0.1, 0.15) is 105 Å². The molecule has 0 amide bonds. The Hall–Kier alpha value is -2.49. The number of fused-ring (bicyclic) bond motifs is 2. The molecule has 32 heavy (non-hydrogen) atoms. The largest absolute Gasteiger partial charge is 0.493 e. The van der Waals surface area contributed by atoms with Gasteiger partial charge in [0, 0.05) is 12.0 Å². The zero-order valence-electron chi connectivity index (χ0n) is 19.5. The molecule has 1 heterocycles. The molecule has 0 fully saturated rings. The first kappa shape index (κ1) is 24.2. The molecule has 0 atom stereocenters. The predicted molar refractivity (Wildman–Crippen MR) is 129 cm³/mol. The third-order valence-electron chi connectivity index (χ3n) is 6.26. The van der Waals surface area contributed by atoms with Gasteiger partial charge in [-0.25, -0.2) is 4.79 Å². The molecule has 0 saturated heterocycles. The van der Waals surface area contributed by atoms with Crippen molar-refractivity contribution >= 4 is 5.97 Å². The van der Waals surface area contributed by atoms with Gasteiger partial charge in [0.25, 0.3) is 0 Å². The van der Waals surface area contributed by atoms with Crippen LogP contribution < -0.4 is 9.47 Å². The van der Waals surface area contributed by atoms with Gasteiger partial charge < -0.3 is 14.6 Å². The van der Waals surface area contributed by atoms with Gasteiger partial charge >= 0.3 is 5.97 Å². The Balaban J connectivity index is 1.38. The average molecular weight is 439 g/mol. The van der Waals surface area contributed by atoms with Crippen LogP contribution in [0.25, 0.3) is 0 Å². The molecule has 4 heteroatoms. The second kappa shape index (κ2) is 13.1. The van der Waals surface area contributed by atoms with E-state index in [-0.39, 0.29) is 5.56 Å². The van der Waals surface area contributed by atoms with E-state index in [4.69, 9.17) is 9.47 Å². The maximum Gasteiger partial charge on any atom is 0.339 e. The highest BCUT2D eigenvalue weighted by Gasteiger charge is 2.26. The summed E-state index contributed by atoms with van der Waals surface area (Å²) in [6, 6.07) is 11.3. The van der Waals surface area contributed by atoms with Crippen molar-refractivity contribution in [3.63, 3.8) is 0 Å². The van der Waals surface area contributed by atoms with Crippen LogP contribution >= 0.6 is 0 Å². The molecule has 1 aliphatic rings. The fourth-order valence-electron chi connectivity index (χ4n) is 4.42. The number of unbranched alkanes of at least 4 members (excludes halogenated alkanes) is 11. The van der Waals surface area contributed by atoms with E-state index in [0.29, 0.717) is 30.1 Å². The van der Waals surface area contributed by atoms with Gasteiger partial charge in [0.1, 0.15) is 22.8 Å². The number of benzene rings is 2. The van der Waals surface area contributed by atoms with Crippen molar-refractivity contribution in [1.29, 1.82) is 0 Å². The van der Waals surface area contributed by atoms with E-state index in [9.17, 15) is 9.90 Å². The van der Waals surface area contributed by atoms with Crippen LogP contribution in [0.2, 0.25) is 0 Å². The molecule has 3 rings (SSSR count). The minimum Gasteiger partial charge on any atom is -0.493 e. The summed E-state index contributed by atoms with van der Waals surface area (Å²) in [5.41, 5.74) is 1.93. The van der Waals surface area contributed by atoms with Crippen LogP contribution in [0.15, 0.2) is 36.4 Å². The number of carboxylic acid groups (broad SMARTS) is 1. The van der Waals surface area contributed by atoms with Crippen LogP contribution in [-0.2, 0) is 6.42 Å². The summed E-state index contributed by atoms with van der Waals surface area (Å²) in [6.07, 6.45) is 16.0. The Morgan fingerprint density at radius 3 is 2.12 bits per heavy atom. The number of ether oxygens (including phenoxy) is 2. The first-order valence-corrected chi connectivity index (χ1v) is 12.5. The lowest BCUT2D eigenvalue weighted by atomic mass is 9.95. The van der Waals surface area contributed by atoms with E-state index >= 15 is 0 Å². The molecule has 2 aromatic carbocycles. The van der Waals surface area contributed by atoms with Crippen LogP contribution in [0.3, 0.4) is 0 Å². The van der Waals surface area contributed by atoms with Crippen molar-refractivity contribution in [2.24, 2.45) is 0 Å². The van der Waals surface area contributed by atoms with E-state index in [1.807, 2.05) is 30.3 Å². The fraction of sp³-hybridized carbons (Fsp3) is 0.536. The zero-order chi connectivity index (χ0) is 22.6. The molecular weight excluding hydrogens is 400 g/mol. The van der Waals surface area contributed by atoms with Crippen molar-refractivity contribution in [1.82, 2.24) is 0 Å². The second-order valence-electron chi connectivity index (χ2n) is 8.84. The highest BCUT2D eigenvalue weighted by atomic mass is 16.5. The van der Waals surface area contributed by atoms with Gasteiger partial charge in [0.2, 0.25) is 0 Å². The van der Waals surface area contributed by atoms with E-state index in [1.54, 1.807) is 6.07 Å². The zero-order valence-corrected chi connectivity index (χ0v) is 19.5. The molecule has 0 saturated carbocycles. The van der Waals surface area contributed by atoms with Gasteiger partial charge in [-0.15, -0.1) is 0 Å². The molecule has 0 bridgehead atoms. The summed E-state index contributed by atoms with van der Waals surface area (Å²) in [5.74, 6) is 0.886. The number of para-hydroxylation sites is 1. The van der Waals surface area contributed by atoms with Crippen LogP contribution in [0.4, 0.5) is 0 Å². The van der Waals surface area contributed by atoms with E-state index in [0.717, 1.165) is 24.2 Å². The number of carboxylic acids is 1. The quantitative estimate of drug-likeness (QED) is 0.243. The topological polar surface area (TPSA) is 55.8 Å². The summed E-state index contributed by atoms with van der Waals surface area (Å²) in [5, 5.41) is 9.84. The number of hydrogen-bond donors (Lipinski definition) is 1. The first-order chi connectivity index (χ1) is 15.7. The van der Waals surface area contributed by atoms with E-state index in [2.05, 4.69) is 6.92 Å². The molecular formula is C28H38O4. The van der Waals surface area contributed by atoms with Gasteiger partial charge in [-0.1, -0.05) is 95.8 Å². The summed E-state index contributed by atoms with van der Waals surface area (Å²) < 4.78 is 11.8. The molecule has 174 valence electrons. The van der Waals surface area contributed by atoms with E-state index < -0.39 is 5.97 Å². The van der Waals surface area contributed by atoms with Crippen molar-refractivity contribution in [3.8, 4) is 17.2 Å². The Labute approximate surface area is 193 Å². The molecule has 4 nitrogen and oxygen atoms in total. The molecule has 0 radical (unpaired) electrons. The molecule has 0 aromatic heterocycles. The average Bonchev–Trinajstić information content (AvgIpc) is 2.80. The van der Waals surface area contributed by atoms with Gasteiger partial charge in [0.05, 0.1) is 6.61 Å². The Bertz CT molecular complexity index is 859. The molecule has 1 aliphatic heterocycles. The van der Waals surface area contributed by atoms with Crippen molar-refractivity contribution in [2.75, 3.05) is 6.61 Å². The Morgan fingerprint density at radius 1 is 0.844 bits per heavy atom. The molecule has 1 N–H and O–H groups in total. The minimum absolute atomic E-state index is 0.232. The summed E-state index contributed by atoms with van der Waals surface area (Å²) in [4.78, 5) is 12.0. The molecule has 0 spiro atoms. The monoisotopic (exact) mass is 438 g/mol. The van der Waals surface area contributed by atoms with Gasteiger partial charge in [-0.2, -0.15) is 0 Å². The van der Waals surface area contributed by atoms with Gasteiger partial charge in [-0.3, -0.25) is 0 Å². The maximum absolute atomic E-state index is 12.0. The smallest absolute Gasteiger partial charge is 0.339 e. The third-order valence-corrected chi connectivity index (χ3v) is 6.26. The predicted octanol–water partition coefficient (Wildman–Crippen LogP) is 8.16. The summed E-state index contributed by atoms with van der Waals surface area (Å²) >= 11 is 0. The lowest BCUT2D eigenvalue weighted by Gasteiger charge is -2.23. The van der Waals surface area contributed by atoms with Crippen LogP contribution in [0, 0.1) is 0 Å². The summed E-state index contributed by atoms with van der Waals surface area (Å²) in [7, 11) is 0. The molecule has 2 aromatic rings. The van der Waals surface area contributed by atoms with E-state index in [1.165, 1.54) is 64.2 Å². The number of rotatable bonds is 15. The number of hydrogen-bond acceptors (Lipinski definition) is 3. The third kappa shape index (κ3) is 7.01. The molecule has 0 unspecified atom stereocenters. The van der Waals surface area contributed by atoms with Crippen molar-refractivity contribution in [2.45, 2.75) is 90.4 Å². The number of aromatic carboxylic acids is 1. The Morgan fingerprint density at radius 2 is 1.47 bits per heavy atom. The molecule has 0 aliphatic carbocycles. The van der Waals surface area contributed by atoms with Crippen LogP contribution in [-0.4, -0.2) is 17.7 Å². The SMILES string of the molecule is CCCCCCCCCCCCCCOc1ccc2c(c1C(=O)O)Cc1ccccc1O2. The maximum atomic E-state index is 12.0. The highest BCUT2D eigenvalue weighted by molar-refractivity contribution is 5.94. The summed E-state index contributed by atoms with van der Waals surface area (Å²) in [6.45, 7) is 2.81. The number of carbonyl (C=O) groups is 1.